The number of ether oxygens (including phenoxy) is 1. The third-order valence-corrected chi connectivity index (χ3v) is 7.12. The quantitative estimate of drug-likeness (QED) is 0.543. The third-order valence-electron chi connectivity index (χ3n) is 5.25. The number of sulfonamides is 1. The van der Waals surface area contributed by atoms with Crippen LogP contribution < -0.4 is 0 Å². The van der Waals surface area contributed by atoms with Crippen LogP contribution in [-0.2, 0) is 19.6 Å². The van der Waals surface area contributed by atoms with E-state index in [0.717, 1.165) is 12.0 Å². The van der Waals surface area contributed by atoms with Crippen LogP contribution >= 0.6 is 0 Å². The van der Waals surface area contributed by atoms with E-state index in [2.05, 4.69) is 6.58 Å². The second-order valence-electron chi connectivity index (χ2n) is 6.89. The van der Waals surface area contributed by atoms with Gasteiger partial charge in [0.05, 0.1) is 17.4 Å². The van der Waals surface area contributed by atoms with Crippen molar-refractivity contribution in [3.8, 4) is 0 Å². The minimum Gasteiger partial charge on any atom is -0.466 e. The molecule has 2 aliphatic rings. The van der Waals surface area contributed by atoms with Crippen LogP contribution in [0.2, 0.25) is 0 Å². The Morgan fingerprint density at radius 2 is 1.92 bits per heavy atom. The molecule has 5 nitrogen and oxygen atoms in total. The van der Waals surface area contributed by atoms with Crippen molar-refractivity contribution in [2.75, 3.05) is 13.2 Å². The van der Waals surface area contributed by atoms with Crippen LogP contribution in [0.1, 0.15) is 18.9 Å². The van der Waals surface area contributed by atoms with Crippen molar-refractivity contribution < 1.29 is 17.9 Å². The van der Waals surface area contributed by atoms with E-state index >= 15 is 0 Å². The van der Waals surface area contributed by atoms with Crippen molar-refractivity contribution in [1.82, 2.24) is 4.31 Å². The van der Waals surface area contributed by atoms with Gasteiger partial charge in [0.25, 0.3) is 0 Å². The Morgan fingerprint density at radius 1 is 1.27 bits per heavy atom. The Morgan fingerprint density at radius 3 is 2.54 bits per heavy atom. The number of hydrogen-bond donors (Lipinski definition) is 0. The SMILES string of the molecule is C=CCN([C@H]1[C@@H](C(=O)OCC)[C@H]2C=C[C@@H]1C2)S(=O)(=O)c1ccc(C)cc1. The first kappa shape index (κ1) is 18.9. The van der Waals surface area contributed by atoms with E-state index < -0.39 is 22.0 Å². The number of hydrogen-bond acceptors (Lipinski definition) is 4. The molecule has 0 aliphatic heterocycles. The summed E-state index contributed by atoms with van der Waals surface area (Å²) in [5.41, 5.74) is 0.992. The molecule has 1 aromatic rings. The maximum Gasteiger partial charge on any atom is 0.311 e. The normalized spacial score (nSPS) is 27.0. The standard InChI is InChI=1S/C20H25NO4S/c1-4-12-21(26(23,24)17-10-6-14(3)7-11-17)19-16-9-8-15(13-16)18(19)20(22)25-5-2/h4,6-11,15-16,18-19H,1,5,12-13H2,2-3H3/t15-,16+,18-,19+/m0/s1. The molecule has 1 fully saturated rings. The van der Waals surface area contributed by atoms with E-state index in [1.54, 1.807) is 37.3 Å². The number of carbonyl (C=O) groups excluding carboxylic acids is 1. The molecule has 3 rings (SSSR count). The van der Waals surface area contributed by atoms with E-state index in [4.69, 9.17) is 4.74 Å². The first-order chi connectivity index (χ1) is 12.4. The fourth-order valence-corrected chi connectivity index (χ4v) is 5.75. The summed E-state index contributed by atoms with van der Waals surface area (Å²) in [5, 5.41) is 0. The highest BCUT2D eigenvalue weighted by Gasteiger charge is 2.53. The maximum atomic E-state index is 13.3. The fourth-order valence-electron chi connectivity index (χ4n) is 4.09. The van der Waals surface area contributed by atoms with Crippen LogP contribution in [-0.4, -0.2) is 37.9 Å². The molecule has 0 N–H and O–H groups in total. The van der Waals surface area contributed by atoms with Crippen molar-refractivity contribution in [3.05, 3.63) is 54.6 Å². The van der Waals surface area contributed by atoms with E-state index in [9.17, 15) is 13.2 Å². The highest BCUT2D eigenvalue weighted by Crippen LogP contribution is 2.47. The van der Waals surface area contributed by atoms with Crippen LogP contribution in [0, 0.1) is 24.7 Å². The number of esters is 1. The molecule has 0 radical (unpaired) electrons. The summed E-state index contributed by atoms with van der Waals surface area (Å²) in [4.78, 5) is 12.8. The summed E-state index contributed by atoms with van der Waals surface area (Å²) in [6.07, 6.45) is 6.41. The molecule has 1 aromatic carbocycles. The summed E-state index contributed by atoms with van der Waals surface area (Å²) < 4.78 is 33.3. The molecule has 0 heterocycles. The second-order valence-corrected chi connectivity index (χ2v) is 8.78. The summed E-state index contributed by atoms with van der Waals surface area (Å²) in [5.74, 6) is -0.730. The first-order valence-electron chi connectivity index (χ1n) is 8.94. The Hall–Kier alpha value is -1.92. The van der Waals surface area contributed by atoms with Crippen molar-refractivity contribution in [2.45, 2.75) is 31.2 Å². The molecule has 0 aromatic heterocycles. The van der Waals surface area contributed by atoms with Gasteiger partial charge in [-0.25, -0.2) is 8.42 Å². The van der Waals surface area contributed by atoms with Crippen LogP contribution in [0.4, 0.5) is 0 Å². The van der Waals surface area contributed by atoms with Gasteiger partial charge in [0.15, 0.2) is 0 Å². The van der Waals surface area contributed by atoms with Gasteiger partial charge < -0.3 is 4.74 Å². The molecule has 1 saturated carbocycles. The predicted octanol–water partition coefficient (Wildman–Crippen LogP) is 2.93. The van der Waals surface area contributed by atoms with Crippen LogP contribution in [0.15, 0.2) is 54.0 Å². The number of allylic oxidation sites excluding steroid dienone is 1. The Kier molecular flexibility index (Phi) is 5.34. The van der Waals surface area contributed by atoms with Gasteiger partial charge in [-0.15, -0.1) is 6.58 Å². The Balaban J connectivity index is 2.01. The Bertz CT molecular complexity index is 813. The van der Waals surface area contributed by atoms with Crippen molar-refractivity contribution in [3.63, 3.8) is 0 Å². The third kappa shape index (κ3) is 3.23. The number of rotatable bonds is 7. The molecule has 140 valence electrons. The van der Waals surface area contributed by atoms with Gasteiger partial charge in [-0.1, -0.05) is 35.9 Å². The van der Waals surface area contributed by atoms with Gasteiger partial charge in [0.2, 0.25) is 10.0 Å². The predicted molar refractivity (Wildman–Crippen MR) is 99.9 cm³/mol. The number of carbonyl (C=O) groups is 1. The minimum absolute atomic E-state index is 0.0228. The summed E-state index contributed by atoms with van der Waals surface area (Å²) >= 11 is 0. The number of aryl methyl sites for hydroxylation is 1. The van der Waals surface area contributed by atoms with E-state index in [1.165, 1.54) is 4.31 Å². The van der Waals surface area contributed by atoms with Gasteiger partial charge in [-0.05, 0) is 44.2 Å². The molecule has 0 unspecified atom stereocenters. The van der Waals surface area contributed by atoms with Gasteiger partial charge in [0.1, 0.15) is 0 Å². The molecule has 4 atom stereocenters. The average Bonchev–Trinajstić information content (AvgIpc) is 3.21. The van der Waals surface area contributed by atoms with E-state index in [-0.39, 0.29) is 35.9 Å². The van der Waals surface area contributed by atoms with E-state index in [0.29, 0.717) is 0 Å². The zero-order chi connectivity index (χ0) is 18.9. The van der Waals surface area contributed by atoms with Gasteiger partial charge in [-0.2, -0.15) is 4.31 Å². The van der Waals surface area contributed by atoms with Crippen LogP contribution in [0.25, 0.3) is 0 Å². The monoisotopic (exact) mass is 375 g/mol. The fraction of sp³-hybridized carbons (Fsp3) is 0.450. The smallest absolute Gasteiger partial charge is 0.311 e. The highest BCUT2D eigenvalue weighted by atomic mass is 32.2. The topological polar surface area (TPSA) is 63.7 Å². The number of nitrogens with zero attached hydrogens (tertiary/aromatic N) is 1. The van der Waals surface area contributed by atoms with Crippen molar-refractivity contribution in [2.24, 2.45) is 17.8 Å². The summed E-state index contributed by atoms with van der Waals surface area (Å²) in [6, 6.07) is 6.35. The van der Waals surface area contributed by atoms with Crippen molar-refractivity contribution >= 4 is 16.0 Å². The summed E-state index contributed by atoms with van der Waals surface area (Å²) in [7, 11) is -3.75. The van der Waals surface area contributed by atoms with E-state index in [1.807, 2.05) is 19.1 Å². The lowest BCUT2D eigenvalue weighted by molar-refractivity contribution is -0.150. The number of fused-ring (bicyclic) bond motifs is 2. The van der Waals surface area contributed by atoms with Gasteiger partial charge >= 0.3 is 5.97 Å². The molecule has 2 aliphatic carbocycles. The molecule has 2 bridgehead atoms. The van der Waals surface area contributed by atoms with Gasteiger partial charge in [-0.3, -0.25) is 4.79 Å². The molecule has 26 heavy (non-hydrogen) atoms. The first-order valence-corrected chi connectivity index (χ1v) is 10.4. The van der Waals surface area contributed by atoms with Crippen LogP contribution in [0.5, 0.6) is 0 Å². The molecule has 0 amide bonds. The maximum absolute atomic E-state index is 13.3. The largest absolute Gasteiger partial charge is 0.466 e. The zero-order valence-corrected chi connectivity index (χ0v) is 16.0. The summed E-state index contributed by atoms with van der Waals surface area (Å²) in [6.45, 7) is 7.85. The second kappa shape index (κ2) is 7.37. The lowest BCUT2D eigenvalue weighted by Crippen LogP contribution is -2.49. The molecule has 6 heteroatoms. The molecule has 0 saturated heterocycles. The molecular weight excluding hydrogens is 350 g/mol. The lowest BCUT2D eigenvalue weighted by atomic mass is 9.89. The van der Waals surface area contributed by atoms with Crippen LogP contribution in [0.3, 0.4) is 0 Å². The van der Waals surface area contributed by atoms with Crippen molar-refractivity contribution in [1.29, 1.82) is 0 Å². The van der Waals surface area contributed by atoms with Gasteiger partial charge in [0, 0.05) is 12.6 Å². The lowest BCUT2D eigenvalue weighted by Gasteiger charge is -2.35. The minimum atomic E-state index is -3.75. The highest BCUT2D eigenvalue weighted by molar-refractivity contribution is 7.89. The zero-order valence-electron chi connectivity index (χ0n) is 15.2. The molecule has 0 spiro atoms. The molecular formula is C20H25NO4S. The average molecular weight is 375 g/mol. The Labute approximate surface area is 155 Å². The number of benzene rings is 1.